The monoisotopic (exact) mass is 284 g/mol. The average molecular weight is 284 g/mol. The van der Waals surface area contributed by atoms with E-state index in [1.807, 2.05) is 0 Å². The van der Waals surface area contributed by atoms with E-state index in [2.05, 4.69) is 40.5 Å². The van der Waals surface area contributed by atoms with Crippen molar-refractivity contribution in [2.75, 3.05) is 19.6 Å². The van der Waals surface area contributed by atoms with Gasteiger partial charge in [0.05, 0.1) is 0 Å². The number of fused-ring (bicyclic) bond motifs is 2. The first kappa shape index (κ1) is 13.8. The standard InChI is InChI=1S/C19H28N2/c1-2-6-16(7-3-1)17-11-18-8-9-19(12-17)21(18)14-15-5-4-10-20-13-15/h1-3,6-7,15,17-20H,4-5,8-14H2/t15?,17?,18-,19+. The first-order chi connectivity index (χ1) is 10.4. The molecule has 2 bridgehead atoms. The number of hydrogen-bond donors (Lipinski definition) is 1. The van der Waals surface area contributed by atoms with Crippen molar-refractivity contribution in [2.24, 2.45) is 5.92 Å². The summed E-state index contributed by atoms with van der Waals surface area (Å²) in [5.41, 5.74) is 1.58. The first-order valence-electron chi connectivity index (χ1n) is 8.91. The molecule has 3 aliphatic rings. The summed E-state index contributed by atoms with van der Waals surface area (Å²) in [6.45, 7) is 3.83. The van der Waals surface area contributed by atoms with E-state index < -0.39 is 0 Å². The molecule has 0 amide bonds. The van der Waals surface area contributed by atoms with Gasteiger partial charge >= 0.3 is 0 Å². The van der Waals surface area contributed by atoms with Gasteiger partial charge in [-0.1, -0.05) is 30.3 Å². The molecule has 0 aliphatic carbocycles. The van der Waals surface area contributed by atoms with Crippen LogP contribution in [0.25, 0.3) is 0 Å². The minimum atomic E-state index is 0.810. The Morgan fingerprint density at radius 2 is 1.76 bits per heavy atom. The number of nitrogens with zero attached hydrogens (tertiary/aromatic N) is 1. The smallest absolute Gasteiger partial charge is 0.0105 e. The molecule has 0 aromatic heterocycles. The van der Waals surface area contributed by atoms with Gasteiger partial charge < -0.3 is 5.32 Å². The third kappa shape index (κ3) is 2.89. The maximum absolute atomic E-state index is 3.58. The fraction of sp³-hybridized carbons (Fsp3) is 0.684. The van der Waals surface area contributed by atoms with Gasteiger partial charge in [-0.3, -0.25) is 4.90 Å². The lowest BCUT2D eigenvalue weighted by molar-refractivity contribution is 0.0987. The van der Waals surface area contributed by atoms with Crippen molar-refractivity contribution in [3.05, 3.63) is 35.9 Å². The van der Waals surface area contributed by atoms with Gasteiger partial charge in [-0.15, -0.1) is 0 Å². The summed E-state index contributed by atoms with van der Waals surface area (Å²) in [4.78, 5) is 2.89. The van der Waals surface area contributed by atoms with Crippen LogP contribution in [0.4, 0.5) is 0 Å². The molecular formula is C19H28N2. The van der Waals surface area contributed by atoms with Crippen LogP contribution in [0.5, 0.6) is 0 Å². The maximum Gasteiger partial charge on any atom is 0.0105 e. The van der Waals surface area contributed by atoms with E-state index in [4.69, 9.17) is 0 Å². The molecule has 4 rings (SSSR count). The normalized spacial score (nSPS) is 36.8. The lowest BCUT2D eigenvalue weighted by atomic mass is 9.84. The van der Waals surface area contributed by atoms with Crippen LogP contribution >= 0.6 is 0 Å². The van der Waals surface area contributed by atoms with Crippen molar-refractivity contribution >= 4 is 0 Å². The number of piperidine rings is 2. The van der Waals surface area contributed by atoms with Gasteiger partial charge in [-0.2, -0.15) is 0 Å². The second-order valence-corrected chi connectivity index (χ2v) is 7.37. The van der Waals surface area contributed by atoms with Crippen LogP contribution < -0.4 is 5.32 Å². The Morgan fingerprint density at radius 3 is 2.43 bits per heavy atom. The lowest BCUT2D eigenvalue weighted by Gasteiger charge is -2.41. The molecule has 21 heavy (non-hydrogen) atoms. The molecule has 3 saturated heterocycles. The Kier molecular flexibility index (Phi) is 4.00. The summed E-state index contributed by atoms with van der Waals surface area (Å²) in [6.07, 6.45) is 8.47. The maximum atomic E-state index is 3.58. The highest BCUT2D eigenvalue weighted by Crippen LogP contribution is 2.43. The fourth-order valence-corrected chi connectivity index (χ4v) is 4.95. The Hall–Kier alpha value is -0.860. The van der Waals surface area contributed by atoms with Crippen LogP contribution in [0, 0.1) is 5.92 Å². The van der Waals surface area contributed by atoms with Crippen molar-refractivity contribution in [2.45, 2.75) is 56.5 Å². The average Bonchev–Trinajstić information content (AvgIpc) is 2.78. The highest BCUT2D eigenvalue weighted by molar-refractivity contribution is 5.21. The van der Waals surface area contributed by atoms with Crippen LogP contribution in [0.1, 0.15) is 50.0 Å². The first-order valence-corrected chi connectivity index (χ1v) is 8.91. The molecule has 2 heteroatoms. The zero-order valence-electron chi connectivity index (χ0n) is 13.0. The number of hydrogen-bond acceptors (Lipinski definition) is 2. The molecule has 0 spiro atoms. The third-order valence-corrected chi connectivity index (χ3v) is 6.02. The highest BCUT2D eigenvalue weighted by atomic mass is 15.2. The molecule has 114 valence electrons. The predicted molar refractivity (Wildman–Crippen MR) is 87.5 cm³/mol. The second-order valence-electron chi connectivity index (χ2n) is 7.37. The van der Waals surface area contributed by atoms with Crippen LogP contribution in [-0.4, -0.2) is 36.6 Å². The van der Waals surface area contributed by atoms with Gasteiger partial charge in [0.15, 0.2) is 0 Å². The van der Waals surface area contributed by atoms with Crippen LogP contribution in [-0.2, 0) is 0 Å². The van der Waals surface area contributed by atoms with Crippen molar-refractivity contribution in [1.29, 1.82) is 0 Å². The topological polar surface area (TPSA) is 15.3 Å². The predicted octanol–water partition coefficient (Wildman–Crippen LogP) is 3.40. The van der Waals surface area contributed by atoms with Crippen molar-refractivity contribution < 1.29 is 0 Å². The molecular weight excluding hydrogens is 256 g/mol. The van der Waals surface area contributed by atoms with Crippen molar-refractivity contribution in [3.63, 3.8) is 0 Å². The van der Waals surface area contributed by atoms with Crippen molar-refractivity contribution in [1.82, 2.24) is 10.2 Å². The summed E-state index contributed by atoms with van der Waals surface area (Å²) < 4.78 is 0. The minimum absolute atomic E-state index is 0.810. The van der Waals surface area contributed by atoms with Crippen molar-refractivity contribution in [3.8, 4) is 0 Å². The molecule has 2 unspecified atom stereocenters. The number of nitrogens with one attached hydrogen (secondary N) is 1. The fourth-order valence-electron chi connectivity index (χ4n) is 4.95. The summed E-state index contributed by atoms with van der Waals surface area (Å²) in [5.74, 6) is 1.71. The summed E-state index contributed by atoms with van der Waals surface area (Å²) in [7, 11) is 0. The zero-order valence-corrected chi connectivity index (χ0v) is 13.0. The van der Waals surface area contributed by atoms with E-state index in [1.54, 1.807) is 5.56 Å². The van der Waals surface area contributed by atoms with E-state index >= 15 is 0 Å². The molecule has 3 aliphatic heterocycles. The molecule has 1 aromatic rings. The van der Waals surface area contributed by atoms with Crippen LogP contribution in [0.2, 0.25) is 0 Å². The van der Waals surface area contributed by atoms with E-state index in [0.29, 0.717) is 0 Å². The Labute approximate surface area is 128 Å². The van der Waals surface area contributed by atoms with Gasteiger partial charge in [0.25, 0.3) is 0 Å². The SMILES string of the molecule is c1ccc(C2C[C@H]3CC[C@@H](C2)N3CC2CCCNC2)cc1. The molecule has 2 nitrogen and oxygen atoms in total. The second kappa shape index (κ2) is 6.10. The van der Waals surface area contributed by atoms with E-state index in [0.717, 1.165) is 23.9 Å². The molecule has 0 radical (unpaired) electrons. The van der Waals surface area contributed by atoms with Gasteiger partial charge in [0.2, 0.25) is 0 Å². The Balaban J connectivity index is 1.41. The molecule has 0 saturated carbocycles. The Bertz CT molecular complexity index is 438. The van der Waals surface area contributed by atoms with E-state index in [9.17, 15) is 0 Å². The van der Waals surface area contributed by atoms with Crippen LogP contribution in [0.15, 0.2) is 30.3 Å². The minimum Gasteiger partial charge on any atom is -0.316 e. The quantitative estimate of drug-likeness (QED) is 0.915. The largest absolute Gasteiger partial charge is 0.316 e. The number of benzene rings is 1. The van der Waals surface area contributed by atoms with Gasteiger partial charge in [0.1, 0.15) is 0 Å². The molecule has 1 N–H and O–H groups in total. The van der Waals surface area contributed by atoms with Gasteiger partial charge in [0, 0.05) is 18.6 Å². The highest BCUT2D eigenvalue weighted by Gasteiger charge is 2.41. The van der Waals surface area contributed by atoms with E-state index in [1.165, 1.54) is 58.2 Å². The number of rotatable bonds is 3. The third-order valence-electron chi connectivity index (χ3n) is 6.02. The zero-order chi connectivity index (χ0) is 14.1. The summed E-state index contributed by atoms with van der Waals surface area (Å²) in [6, 6.07) is 12.9. The molecule has 3 fully saturated rings. The van der Waals surface area contributed by atoms with Gasteiger partial charge in [-0.05, 0) is 69.0 Å². The summed E-state index contributed by atoms with van der Waals surface area (Å²) in [5, 5.41) is 3.58. The molecule has 4 atom stereocenters. The van der Waals surface area contributed by atoms with Crippen LogP contribution in [0.3, 0.4) is 0 Å². The molecule has 1 aromatic carbocycles. The van der Waals surface area contributed by atoms with E-state index in [-0.39, 0.29) is 0 Å². The molecule has 3 heterocycles. The Morgan fingerprint density at radius 1 is 1.00 bits per heavy atom. The van der Waals surface area contributed by atoms with Gasteiger partial charge in [-0.25, -0.2) is 0 Å². The summed E-state index contributed by atoms with van der Waals surface area (Å²) >= 11 is 0. The lowest BCUT2D eigenvalue weighted by Crippen LogP contribution is -2.47.